The molecule has 0 aliphatic carbocycles. The lowest BCUT2D eigenvalue weighted by Crippen LogP contribution is -2.44. The molecule has 1 aliphatic heterocycles. The maximum Gasteiger partial charge on any atom is 0.0621 e. The number of hydrogen-bond donors (Lipinski definition) is 2. The van der Waals surface area contributed by atoms with Crippen LogP contribution in [-0.2, 0) is 4.74 Å². The predicted molar refractivity (Wildman–Crippen MR) is 70.0 cm³/mol. The summed E-state index contributed by atoms with van der Waals surface area (Å²) < 4.78 is 7.63. The summed E-state index contributed by atoms with van der Waals surface area (Å²) >= 11 is 0. The van der Waals surface area contributed by atoms with E-state index in [2.05, 4.69) is 48.3 Å². The maximum atomic E-state index is 5.47. The molecule has 4 heteroatoms. The van der Waals surface area contributed by atoms with Gasteiger partial charge in [-0.25, -0.2) is 0 Å². The monoisotopic (exact) mass is 237 g/mol. The van der Waals surface area contributed by atoms with Crippen molar-refractivity contribution in [3.05, 3.63) is 23.5 Å². The van der Waals surface area contributed by atoms with E-state index in [1.807, 2.05) is 0 Å². The normalized spacial score (nSPS) is 22.4. The van der Waals surface area contributed by atoms with Crippen molar-refractivity contribution in [3.8, 4) is 0 Å². The van der Waals surface area contributed by atoms with Crippen LogP contribution in [0.1, 0.15) is 24.7 Å². The predicted octanol–water partition coefficient (Wildman–Crippen LogP) is 1.42. The maximum absolute atomic E-state index is 5.47. The van der Waals surface area contributed by atoms with E-state index < -0.39 is 0 Å². The molecule has 0 amide bonds. The molecule has 0 aromatic carbocycles. The van der Waals surface area contributed by atoms with E-state index in [1.165, 1.54) is 11.4 Å². The quantitative estimate of drug-likeness (QED) is 0.831. The van der Waals surface area contributed by atoms with Crippen LogP contribution in [0.15, 0.2) is 12.1 Å². The van der Waals surface area contributed by atoms with Gasteiger partial charge < -0.3 is 15.5 Å². The second kappa shape index (κ2) is 5.56. The Hall–Kier alpha value is -1.00. The van der Waals surface area contributed by atoms with Crippen molar-refractivity contribution in [1.29, 1.82) is 0 Å². The van der Waals surface area contributed by atoms with Crippen molar-refractivity contribution < 1.29 is 4.74 Å². The van der Waals surface area contributed by atoms with E-state index in [0.29, 0.717) is 12.1 Å². The van der Waals surface area contributed by atoms with Gasteiger partial charge in [0.1, 0.15) is 0 Å². The van der Waals surface area contributed by atoms with Crippen molar-refractivity contribution in [2.45, 2.75) is 39.3 Å². The summed E-state index contributed by atoms with van der Waals surface area (Å²) in [6.07, 6.45) is 1.08. The molecule has 0 saturated carbocycles. The Bertz CT molecular complexity index is 336. The zero-order valence-corrected chi connectivity index (χ0v) is 11.0. The van der Waals surface area contributed by atoms with Gasteiger partial charge in [-0.05, 0) is 39.3 Å². The number of nitrogens with zero attached hydrogens (tertiary/aromatic N) is 1. The van der Waals surface area contributed by atoms with E-state index in [4.69, 9.17) is 4.74 Å². The van der Waals surface area contributed by atoms with E-state index in [0.717, 1.165) is 26.2 Å². The molecule has 0 bridgehead atoms. The van der Waals surface area contributed by atoms with Gasteiger partial charge in [0.2, 0.25) is 0 Å². The number of nitrogens with one attached hydrogen (secondary N) is 2. The second-order valence-electron chi connectivity index (χ2n) is 4.94. The molecule has 0 spiro atoms. The largest absolute Gasteiger partial charge is 0.379 e. The van der Waals surface area contributed by atoms with Crippen LogP contribution in [0.3, 0.4) is 0 Å². The van der Waals surface area contributed by atoms with E-state index >= 15 is 0 Å². The number of aromatic nitrogens is 1. The molecule has 2 N–H and O–H groups in total. The molecule has 1 aliphatic rings. The van der Waals surface area contributed by atoms with Gasteiger partial charge in [0.15, 0.2) is 0 Å². The standard InChI is InChI=1S/C13H23N3O/c1-10(8-13-9-17-7-6-14-13)15-16-11(2)4-5-12(16)3/h4-5,10,13-15H,6-9H2,1-3H3. The van der Waals surface area contributed by atoms with Crippen LogP contribution in [0, 0.1) is 13.8 Å². The van der Waals surface area contributed by atoms with E-state index in [-0.39, 0.29) is 0 Å². The third-order valence-electron chi connectivity index (χ3n) is 3.26. The molecule has 1 fully saturated rings. The highest BCUT2D eigenvalue weighted by atomic mass is 16.5. The summed E-state index contributed by atoms with van der Waals surface area (Å²) in [6, 6.07) is 5.18. The summed E-state index contributed by atoms with van der Waals surface area (Å²) in [5.74, 6) is 0. The Morgan fingerprint density at radius 3 is 2.76 bits per heavy atom. The lowest BCUT2D eigenvalue weighted by atomic mass is 10.1. The van der Waals surface area contributed by atoms with Crippen molar-refractivity contribution in [1.82, 2.24) is 9.99 Å². The Morgan fingerprint density at radius 2 is 2.18 bits per heavy atom. The number of hydrogen-bond acceptors (Lipinski definition) is 3. The second-order valence-corrected chi connectivity index (χ2v) is 4.94. The first-order chi connectivity index (χ1) is 8.16. The molecule has 4 nitrogen and oxygen atoms in total. The van der Waals surface area contributed by atoms with E-state index in [1.54, 1.807) is 0 Å². The van der Waals surface area contributed by atoms with Crippen LogP contribution in [0.5, 0.6) is 0 Å². The van der Waals surface area contributed by atoms with Crippen LogP contribution in [0.25, 0.3) is 0 Å². The molecule has 1 aromatic rings. The van der Waals surface area contributed by atoms with Gasteiger partial charge in [-0.3, -0.25) is 4.68 Å². The summed E-state index contributed by atoms with van der Waals surface area (Å²) in [6.45, 7) is 9.10. The zero-order chi connectivity index (χ0) is 12.3. The van der Waals surface area contributed by atoms with E-state index in [9.17, 15) is 0 Å². The fourth-order valence-electron chi connectivity index (χ4n) is 2.34. The van der Waals surface area contributed by atoms with Gasteiger partial charge >= 0.3 is 0 Å². The Labute approximate surface area is 103 Å². The first kappa shape index (κ1) is 12.5. The fourth-order valence-corrected chi connectivity index (χ4v) is 2.34. The molecule has 1 saturated heterocycles. The van der Waals surface area contributed by atoms with Gasteiger partial charge in [-0.2, -0.15) is 0 Å². The number of aryl methyl sites for hydroxylation is 2. The van der Waals surface area contributed by atoms with Crippen LogP contribution in [-0.4, -0.2) is 36.5 Å². The molecule has 2 rings (SSSR count). The van der Waals surface area contributed by atoms with Crippen molar-refractivity contribution >= 4 is 0 Å². The lowest BCUT2D eigenvalue weighted by Gasteiger charge is -2.28. The van der Waals surface area contributed by atoms with Crippen molar-refractivity contribution in [2.75, 3.05) is 25.2 Å². The third kappa shape index (κ3) is 3.23. The topological polar surface area (TPSA) is 38.2 Å². The van der Waals surface area contributed by atoms with Crippen molar-refractivity contribution in [2.24, 2.45) is 0 Å². The Morgan fingerprint density at radius 1 is 1.47 bits per heavy atom. The molecular weight excluding hydrogens is 214 g/mol. The summed E-state index contributed by atoms with van der Waals surface area (Å²) in [5.41, 5.74) is 6.03. The highest BCUT2D eigenvalue weighted by Gasteiger charge is 2.16. The molecule has 1 aromatic heterocycles. The third-order valence-corrected chi connectivity index (χ3v) is 3.26. The first-order valence-electron chi connectivity index (χ1n) is 6.39. The zero-order valence-electron chi connectivity index (χ0n) is 11.0. The smallest absolute Gasteiger partial charge is 0.0621 e. The molecule has 0 radical (unpaired) electrons. The first-order valence-corrected chi connectivity index (χ1v) is 6.39. The minimum atomic E-state index is 0.430. The molecular formula is C13H23N3O. The lowest BCUT2D eigenvalue weighted by molar-refractivity contribution is 0.0727. The SMILES string of the molecule is Cc1ccc(C)n1NC(C)CC1COCCN1. The minimum Gasteiger partial charge on any atom is -0.379 e. The number of rotatable bonds is 4. The number of ether oxygens (including phenoxy) is 1. The molecule has 2 heterocycles. The summed E-state index contributed by atoms with van der Waals surface area (Å²) in [5, 5.41) is 3.48. The van der Waals surface area contributed by atoms with Gasteiger partial charge in [0.25, 0.3) is 0 Å². The molecule has 2 atom stereocenters. The van der Waals surface area contributed by atoms with Crippen LogP contribution >= 0.6 is 0 Å². The Kier molecular flexibility index (Phi) is 4.07. The average molecular weight is 237 g/mol. The van der Waals surface area contributed by atoms with Crippen LogP contribution < -0.4 is 10.7 Å². The van der Waals surface area contributed by atoms with Crippen LogP contribution in [0.4, 0.5) is 0 Å². The highest BCUT2D eigenvalue weighted by molar-refractivity contribution is 5.15. The summed E-state index contributed by atoms with van der Waals surface area (Å²) in [4.78, 5) is 0. The minimum absolute atomic E-state index is 0.430. The molecule has 2 unspecified atom stereocenters. The van der Waals surface area contributed by atoms with Gasteiger partial charge in [0, 0.05) is 30.0 Å². The molecule has 17 heavy (non-hydrogen) atoms. The Balaban J connectivity index is 1.86. The van der Waals surface area contributed by atoms with Crippen molar-refractivity contribution in [3.63, 3.8) is 0 Å². The van der Waals surface area contributed by atoms with Gasteiger partial charge in [-0.1, -0.05) is 0 Å². The highest BCUT2D eigenvalue weighted by Crippen LogP contribution is 2.08. The fraction of sp³-hybridized carbons (Fsp3) is 0.692. The number of morpholine rings is 1. The van der Waals surface area contributed by atoms with Gasteiger partial charge in [-0.15, -0.1) is 0 Å². The summed E-state index contributed by atoms with van der Waals surface area (Å²) in [7, 11) is 0. The molecule has 96 valence electrons. The average Bonchev–Trinajstić information content (AvgIpc) is 2.62. The van der Waals surface area contributed by atoms with Crippen LogP contribution in [0.2, 0.25) is 0 Å². The van der Waals surface area contributed by atoms with Gasteiger partial charge in [0.05, 0.1) is 13.2 Å².